The van der Waals surface area contributed by atoms with Crippen LogP contribution >= 0.6 is 11.3 Å². The summed E-state index contributed by atoms with van der Waals surface area (Å²) in [6.07, 6.45) is 0. The van der Waals surface area contributed by atoms with Crippen LogP contribution in [-0.2, 0) is 0 Å². The Morgan fingerprint density at radius 3 is 2.19 bits per heavy atom. The molecule has 0 aliphatic carbocycles. The van der Waals surface area contributed by atoms with Crippen LogP contribution in [-0.4, -0.2) is 14.5 Å². The summed E-state index contributed by atoms with van der Waals surface area (Å²) in [5, 5.41) is 8.16. The molecule has 4 aromatic heterocycles. The molecule has 0 bridgehead atoms. The Morgan fingerprint density at radius 1 is 0.558 bits per heavy atom. The molecule has 0 aliphatic rings. The zero-order chi connectivity index (χ0) is 28.1. The van der Waals surface area contributed by atoms with Gasteiger partial charge in [-0.05, 0) is 53.2 Å². The number of hydrogen-bond acceptors (Lipinski definition) is 4. The Balaban J connectivity index is 1.39. The second-order valence-electron chi connectivity index (χ2n) is 11.0. The van der Waals surface area contributed by atoms with Crippen LogP contribution < -0.4 is 0 Å². The van der Waals surface area contributed by atoms with Crippen LogP contribution in [0.5, 0.6) is 0 Å². The molecule has 0 amide bonds. The molecule has 5 heteroatoms. The Kier molecular flexibility index (Phi) is 4.57. The SMILES string of the molecule is c1ccc2cc3c(cc2c1)c1ccccc1n3-c1nc(-c2cccc3sc4ccccc4c23)nc2c1oc1ccccc12. The van der Waals surface area contributed by atoms with Crippen molar-refractivity contribution in [2.24, 2.45) is 0 Å². The summed E-state index contributed by atoms with van der Waals surface area (Å²) in [5.74, 6) is 1.43. The molecule has 0 radical (unpaired) electrons. The number of hydrogen-bond donors (Lipinski definition) is 0. The van der Waals surface area contributed by atoms with Crippen molar-refractivity contribution in [2.45, 2.75) is 0 Å². The summed E-state index contributed by atoms with van der Waals surface area (Å²) < 4.78 is 11.3. The van der Waals surface area contributed by atoms with E-state index in [1.54, 1.807) is 11.3 Å². The smallest absolute Gasteiger partial charge is 0.197 e. The standard InChI is InChI=1S/C38H21N3OS/c1-2-11-23-21-30-28(20-22(23)10-1)24-12-3-6-16-29(24)41(30)38-36-35(25-13-4-7-17-31(25)42-36)39-37(40-38)27-15-9-19-33-34(27)26-14-5-8-18-32(26)43-33/h1-21H. The highest BCUT2D eigenvalue weighted by Gasteiger charge is 2.23. The van der Waals surface area contributed by atoms with Crippen molar-refractivity contribution in [2.75, 3.05) is 0 Å². The Morgan fingerprint density at radius 2 is 1.28 bits per heavy atom. The van der Waals surface area contributed by atoms with Gasteiger partial charge < -0.3 is 4.42 Å². The lowest BCUT2D eigenvalue weighted by molar-refractivity contribution is 0.662. The maximum absolute atomic E-state index is 6.58. The average molecular weight is 568 g/mol. The molecule has 0 saturated carbocycles. The van der Waals surface area contributed by atoms with E-state index in [0.717, 1.165) is 38.9 Å². The second kappa shape index (κ2) is 8.51. The number of benzene rings is 6. The van der Waals surface area contributed by atoms with E-state index in [-0.39, 0.29) is 0 Å². The Hall–Kier alpha value is -5.52. The fourth-order valence-electron chi connectivity index (χ4n) is 6.69. The quantitative estimate of drug-likeness (QED) is 0.209. The lowest BCUT2D eigenvalue weighted by Gasteiger charge is -2.11. The first-order valence-electron chi connectivity index (χ1n) is 14.3. The fraction of sp³-hybridized carbons (Fsp3) is 0. The number of thiophene rings is 1. The number of para-hydroxylation sites is 2. The van der Waals surface area contributed by atoms with Gasteiger partial charge in [0.25, 0.3) is 0 Å². The summed E-state index contributed by atoms with van der Waals surface area (Å²) in [6, 6.07) is 44.8. The van der Waals surface area contributed by atoms with Crippen molar-refractivity contribution in [3.05, 3.63) is 127 Å². The summed E-state index contributed by atoms with van der Waals surface area (Å²) in [6.45, 7) is 0. The first-order chi connectivity index (χ1) is 21.3. The van der Waals surface area contributed by atoms with Gasteiger partial charge in [0.15, 0.2) is 17.2 Å². The van der Waals surface area contributed by atoms with E-state index in [1.165, 1.54) is 41.7 Å². The zero-order valence-electron chi connectivity index (χ0n) is 22.8. The highest BCUT2D eigenvalue weighted by atomic mass is 32.1. The molecule has 10 rings (SSSR count). The van der Waals surface area contributed by atoms with Gasteiger partial charge in [-0.3, -0.25) is 4.57 Å². The molecule has 4 nitrogen and oxygen atoms in total. The van der Waals surface area contributed by atoms with Gasteiger partial charge in [0.1, 0.15) is 11.1 Å². The highest BCUT2D eigenvalue weighted by molar-refractivity contribution is 7.25. The normalized spacial score (nSPS) is 12.2. The van der Waals surface area contributed by atoms with E-state index in [2.05, 4.69) is 114 Å². The van der Waals surface area contributed by atoms with Crippen molar-refractivity contribution < 1.29 is 4.42 Å². The first-order valence-corrected chi connectivity index (χ1v) is 15.2. The topological polar surface area (TPSA) is 43.9 Å². The molecule has 43 heavy (non-hydrogen) atoms. The predicted molar refractivity (Wildman–Crippen MR) is 179 cm³/mol. The summed E-state index contributed by atoms with van der Waals surface area (Å²) in [5.41, 5.74) is 5.50. The van der Waals surface area contributed by atoms with Gasteiger partial charge in [0, 0.05) is 41.9 Å². The van der Waals surface area contributed by atoms with Gasteiger partial charge in [0.2, 0.25) is 0 Å². The number of fused-ring (bicyclic) bond motifs is 10. The van der Waals surface area contributed by atoms with Gasteiger partial charge in [-0.25, -0.2) is 9.97 Å². The molecule has 6 aromatic carbocycles. The molecule has 0 aliphatic heterocycles. The number of rotatable bonds is 2. The molecular weight excluding hydrogens is 547 g/mol. The number of nitrogens with zero attached hydrogens (tertiary/aromatic N) is 3. The van der Waals surface area contributed by atoms with Gasteiger partial charge in [-0.1, -0.05) is 84.9 Å². The van der Waals surface area contributed by atoms with Gasteiger partial charge in [-0.2, -0.15) is 0 Å². The van der Waals surface area contributed by atoms with Crippen molar-refractivity contribution in [1.29, 1.82) is 0 Å². The lowest BCUT2D eigenvalue weighted by atomic mass is 10.1. The van der Waals surface area contributed by atoms with E-state index >= 15 is 0 Å². The van der Waals surface area contributed by atoms with Crippen LogP contribution in [0.4, 0.5) is 0 Å². The largest absolute Gasteiger partial charge is 0.450 e. The molecule has 0 spiro atoms. The van der Waals surface area contributed by atoms with Crippen LogP contribution in [0.2, 0.25) is 0 Å². The molecule has 0 fully saturated rings. The van der Waals surface area contributed by atoms with Crippen molar-refractivity contribution in [3.63, 3.8) is 0 Å². The van der Waals surface area contributed by atoms with Crippen molar-refractivity contribution >= 4 is 86.2 Å². The van der Waals surface area contributed by atoms with Crippen LogP contribution in [0, 0.1) is 0 Å². The van der Waals surface area contributed by atoms with E-state index in [9.17, 15) is 0 Å². The minimum absolute atomic E-state index is 0.683. The van der Waals surface area contributed by atoms with Crippen LogP contribution in [0.3, 0.4) is 0 Å². The van der Waals surface area contributed by atoms with E-state index in [0.29, 0.717) is 11.4 Å². The third-order valence-electron chi connectivity index (χ3n) is 8.60. The monoisotopic (exact) mass is 567 g/mol. The summed E-state index contributed by atoms with van der Waals surface area (Å²) in [4.78, 5) is 10.6. The van der Waals surface area contributed by atoms with Gasteiger partial charge in [0.05, 0.1) is 11.0 Å². The molecule has 200 valence electrons. The number of aromatic nitrogens is 3. The molecular formula is C38H21N3OS. The molecule has 10 aromatic rings. The third-order valence-corrected chi connectivity index (χ3v) is 9.73. The maximum Gasteiger partial charge on any atom is 0.197 e. The molecule has 0 unspecified atom stereocenters. The van der Waals surface area contributed by atoms with Crippen molar-refractivity contribution in [1.82, 2.24) is 14.5 Å². The van der Waals surface area contributed by atoms with Gasteiger partial charge in [-0.15, -0.1) is 11.3 Å². The zero-order valence-corrected chi connectivity index (χ0v) is 23.6. The summed E-state index contributed by atoms with van der Waals surface area (Å²) in [7, 11) is 0. The van der Waals surface area contributed by atoms with Crippen LogP contribution in [0.15, 0.2) is 132 Å². The minimum atomic E-state index is 0.683. The average Bonchev–Trinajstić information content (AvgIpc) is 3.73. The lowest BCUT2D eigenvalue weighted by Crippen LogP contribution is -2.02. The van der Waals surface area contributed by atoms with Gasteiger partial charge >= 0.3 is 0 Å². The van der Waals surface area contributed by atoms with E-state index < -0.39 is 0 Å². The number of furan rings is 1. The Labute approximate surface area is 249 Å². The van der Waals surface area contributed by atoms with Crippen molar-refractivity contribution in [3.8, 4) is 17.2 Å². The minimum Gasteiger partial charge on any atom is -0.450 e. The second-order valence-corrected chi connectivity index (χ2v) is 12.1. The molecule has 0 saturated heterocycles. The summed E-state index contributed by atoms with van der Waals surface area (Å²) >= 11 is 1.81. The predicted octanol–water partition coefficient (Wildman–Crippen LogP) is 10.7. The maximum atomic E-state index is 6.58. The first kappa shape index (κ1) is 23.1. The third kappa shape index (κ3) is 3.20. The molecule has 0 atom stereocenters. The molecule has 0 N–H and O–H groups in total. The van der Waals surface area contributed by atoms with Crippen LogP contribution in [0.25, 0.3) is 92.0 Å². The highest BCUT2D eigenvalue weighted by Crippen LogP contribution is 2.42. The fourth-order valence-corrected chi connectivity index (χ4v) is 7.82. The Bertz CT molecular complexity index is 2750. The van der Waals surface area contributed by atoms with E-state index in [1.807, 2.05) is 18.2 Å². The molecule has 4 heterocycles. The van der Waals surface area contributed by atoms with Crippen LogP contribution in [0.1, 0.15) is 0 Å². The van der Waals surface area contributed by atoms with E-state index in [4.69, 9.17) is 14.4 Å².